The zero-order valence-electron chi connectivity index (χ0n) is 14.2. The van der Waals surface area contributed by atoms with E-state index in [1.807, 2.05) is 30.3 Å². The van der Waals surface area contributed by atoms with E-state index in [0.717, 1.165) is 29.0 Å². The molecule has 0 amide bonds. The number of hydrogen-bond acceptors (Lipinski definition) is 4. The van der Waals surface area contributed by atoms with E-state index in [9.17, 15) is 18.0 Å². The van der Waals surface area contributed by atoms with Gasteiger partial charge < -0.3 is 0 Å². The maximum absolute atomic E-state index is 13.1. The second-order valence-corrected chi connectivity index (χ2v) is 5.85. The van der Waals surface area contributed by atoms with Crippen LogP contribution in [0.1, 0.15) is 11.1 Å². The molecule has 0 radical (unpaired) electrons. The lowest BCUT2D eigenvalue weighted by Crippen LogP contribution is -2.17. The molecule has 2 aromatic carbocycles. The molecule has 0 N–H and O–H groups in total. The summed E-state index contributed by atoms with van der Waals surface area (Å²) in [6.45, 7) is 0. The summed E-state index contributed by atoms with van der Waals surface area (Å²) in [4.78, 5) is 16.8. The molecule has 4 rings (SSSR count). The van der Waals surface area contributed by atoms with Crippen LogP contribution in [-0.2, 0) is 6.18 Å². The Kier molecular flexibility index (Phi) is 4.26. The normalized spacial score (nSPS) is 12.1. The number of hydrogen-bond donors (Lipinski definition) is 0. The topological polar surface area (TPSA) is 65.1 Å². The number of fused-ring (bicyclic) bond motifs is 1. The van der Waals surface area contributed by atoms with Crippen molar-refractivity contribution >= 4 is 17.2 Å². The Hall–Kier alpha value is -3.75. The molecule has 0 bridgehead atoms. The minimum Gasteiger partial charge on any atom is -0.266 e. The highest BCUT2D eigenvalue weighted by molar-refractivity contribution is 5.82. The van der Waals surface area contributed by atoms with E-state index in [0.29, 0.717) is 5.65 Å². The molecule has 0 fully saturated rings. The number of rotatable bonds is 3. The number of nitrogens with zero attached hydrogens (tertiary/aromatic N) is 5. The van der Waals surface area contributed by atoms with Gasteiger partial charge in [0, 0.05) is 5.56 Å². The maximum atomic E-state index is 13.1. The third-order valence-corrected chi connectivity index (χ3v) is 4.06. The average molecular weight is 383 g/mol. The van der Waals surface area contributed by atoms with Gasteiger partial charge in [-0.1, -0.05) is 36.4 Å². The molecule has 0 saturated heterocycles. The van der Waals surface area contributed by atoms with Crippen molar-refractivity contribution in [2.45, 2.75) is 6.18 Å². The number of benzene rings is 2. The summed E-state index contributed by atoms with van der Waals surface area (Å²) in [6.07, 6.45) is -1.03. The highest BCUT2D eigenvalue weighted by atomic mass is 19.4. The first kappa shape index (κ1) is 17.7. The molecule has 0 spiro atoms. The smallest absolute Gasteiger partial charge is 0.266 e. The second kappa shape index (κ2) is 6.76. The van der Waals surface area contributed by atoms with Crippen LogP contribution >= 0.6 is 0 Å². The van der Waals surface area contributed by atoms with Crippen molar-refractivity contribution in [3.05, 3.63) is 88.6 Å². The fourth-order valence-electron chi connectivity index (χ4n) is 2.73. The number of alkyl halides is 3. The standard InChI is InChI=1S/C19H12F3N5O/c20-19(21,22)16-9-5-4-6-13(16)10-24-26-12-23-17-15(18(26)28)11-25-27(17)14-7-2-1-3-8-14/h1-12H/b24-10-. The molecule has 0 aliphatic rings. The van der Waals surface area contributed by atoms with Crippen LogP contribution in [0.2, 0.25) is 0 Å². The monoisotopic (exact) mass is 383 g/mol. The fourth-order valence-corrected chi connectivity index (χ4v) is 2.73. The highest BCUT2D eigenvalue weighted by Gasteiger charge is 2.32. The molecular formula is C19H12F3N5O. The van der Waals surface area contributed by atoms with Gasteiger partial charge in [-0.05, 0) is 18.2 Å². The van der Waals surface area contributed by atoms with E-state index in [4.69, 9.17) is 0 Å². The summed E-state index contributed by atoms with van der Waals surface area (Å²) >= 11 is 0. The quantitative estimate of drug-likeness (QED) is 0.509. The van der Waals surface area contributed by atoms with Crippen LogP contribution < -0.4 is 5.56 Å². The van der Waals surface area contributed by atoms with Gasteiger partial charge in [0.25, 0.3) is 5.56 Å². The molecule has 0 atom stereocenters. The number of para-hydroxylation sites is 1. The molecule has 0 aliphatic heterocycles. The Balaban J connectivity index is 1.75. The van der Waals surface area contributed by atoms with Gasteiger partial charge in [-0.3, -0.25) is 4.79 Å². The van der Waals surface area contributed by atoms with Gasteiger partial charge in [0.2, 0.25) is 0 Å². The van der Waals surface area contributed by atoms with Crippen LogP contribution in [0.5, 0.6) is 0 Å². The van der Waals surface area contributed by atoms with Gasteiger partial charge in [-0.15, -0.1) is 0 Å². The Labute approximate surface area is 156 Å². The largest absolute Gasteiger partial charge is 0.417 e. The molecule has 6 nitrogen and oxygen atoms in total. The third-order valence-electron chi connectivity index (χ3n) is 4.06. The molecule has 9 heteroatoms. The van der Waals surface area contributed by atoms with Crippen molar-refractivity contribution in [2.24, 2.45) is 5.10 Å². The molecule has 0 saturated carbocycles. The van der Waals surface area contributed by atoms with E-state index >= 15 is 0 Å². The van der Waals surface area contributed by atoms with Crippen LogP contribution in [0.15, 0.2) is 77.0 Å². The number of halogens is 3. The number of aromatic nitrogens is 4. The predicted octanol–water partition coefficient (Wildman–Crippen LogP) is 3.48. The van der Waals surface area contributed by atoms with Crippen molar-refractivity contribution in [2.75, 3.05) is 0 Å². The third kappa shape index (κ3) is 3.18. The molecule has 2 aromatic heterocycles. The van der Waals surface area contributed by atoms with Gasteiger partial charge in [-0.2, -0.15) is 28.0 Å². The molecule has 2 heterocycles. The van der Waals surface area contributed by atoms with Crippen LogP contribution in [0.25, 0.3) is 16.7 Å². The van der Waals surface area contributed by atoms with Crippen molar-refractivity contribution in [1.82, 2.24) is 19.4 Å². The van der Waals surface area contributed by atoms with Crippen molar-refractivity contribution in [3.63, 3.8) is 0 Å². The minimum atomic E-state index is -4.52. The zero-order chi connectivity index (χ0) is 19.7. The van der Waals surface area contributed by atoms with Crippen LogP contribution in [0.4, 0.5) is 13.2 Å². The van der Waals surface area contributed by atoms with E-state index in [1.165, 1.54) is 29.1 Å². The van der Waals surface area contributed by atoms with Crippen LogP contribution in [0.3, 0.4) is 0 Å². The molecule has 0 unspecified atom stereocenters. The van der Waals surface area contributed by atoms with Gasteiger partial charge in [0.1, 0.15) is 11.7 Å². The summed E-state index contributed by atoms with van der Waals surface area (Å²) in [7, 11) is 0. The van der Waals surface area contributed by atoms with Crippen molar-refractivity contribution in [3.8, 4) is 5.69 Å². The molecular weight excluding hydrogens is 371 g/mol. The lowest BCUT2D eigenvalue weighted by Gasteiger charge is -2.09. The van der Waals surface area contributed by atoms with Crippen LogP contribution in [-0.4, -0.2) is 25.7 Å². The highest BCUT2D eigenvalue weighted by Crippen LogP contribution is 2.31. The summed E-state index contributed by atoms with van der Waals surface area (Å²) in [5.74, 6) is 0. The van der Waals surface area contributed by atoms with Gasteiger partial charge in [0.05, 0.1) is 23.7 Å². The fraction of sp³-hybridized carbons (Fsp3) is 0.0526. The van der Waals surface area contributed by atoms with E-state index in [1.54, 1.807) is 0 Å². The van der Waals surface area contributed by atoms with Crippen molar-refractivity contribution < 1.29 is 13.2 Å². The molecule has 4 aromatic rings. The lowest BCUT2D eigenvalue weighted by molar-refractivity contribution is -0.137. The van der Waals surface area contributed by atoms with Gasteiger partial charge in [0.15, 0.2) is 5.65 Å². The van der Waals surface area contributed by atoms with Crippen molar-refractivity contribution in [1.29, 1.82) is 0 Å². The Bertz CT molecular complexity index is 1230. The predicted molar refractivity (Wildman–Crippen MR) is 97.6 cm³/mol. The Morgan fingerprint density at radius 3 is 2.46 bits per heavy atom. The molecule has 140 valence electrons. The Morgan fingerprint density at radius 2 is 1.71 bits per heavy atom. The van der Waals surface area contributed by atoms with E-state index in [2.05, 4.69) is 15.2 Å². The zero-order valence-corrected chi connectivity index (χ0v) is 14.2. The SMILES string of the molecule is O=c1c2cnn(-c3ccccc3)c2ncn1/N=C\c1ccccc1C(F)(F)F. The average Bonchev–Trinajstić information content (AvgIpc) is 3.13. The first-order valence-corrected chi connectivity index (χ1v) is 8.16. The summed E-state index contributed by atoms with van der Waals surface area (Å²) in [5.41, 5.74) is -0.462. The minimum absolute atomic E-state index is 0.151. The van der Waals surface area contributed by atoms with Gasteiger partial charge in [-0.25, -0.2) is 9.67 Å². The molecule has 28 heavy (non-hydrogen) atoms. The summed E-state index contributed by atoms with van der Waals surface area (Å²) in [5, 5.41) is 8.24. The lowest BCUT2D eigenvalue weighted by atomic mass is 10.1. The van der Waals surface area contributed by atoms with Gasteiger partial charge >= 0.3 is 6.18 Å². The Morgan fingerprint density at radius 1 is 1.00 bits per heavy atom. The first-order valence-electron chi connectivity index (χ1n) is 8.16. The first-order chi connectivity index (χ1) is 13.4. The summed E-state index contributed by atoms with van der Waals surface area (Å²) in [6, 6.07) is 14.1. The van der Waals surface area contributed by atoms with E-state index < -0.39 is 17.3 Å². The van der Waals surface area contributed by atoms with E-state index in [-0.39, 0.29) is 10.9 Å². The summed E-state index contributed by atoms with van der Waals surface area (Å²) < 4.78 is 41.6. The maximum Gasteiger partial charge on any atom is 0.417 e. The van der Waals surface area contributed by atoms with Crippen LogP contribution in [0, 0.1) is 0 Å². The second-order valence-electron chi connectivity index (χ2n) is 5.85. The molecule has 0 aliphatic carbocycles.